The number of nitrogens with zero attached hydrogens (tertiary/aromatic N) is 2. The molecule has 0 aliphatic carbocycles. The fourth-order valence-electron chi connectivity index (χ4n) is 3.47. The molecule has 1 amide bonds. The number of rotatable bonds is 3. The van der Waals surface area contributed by atoms with E-state index < -0.39 is 0 Å². The fraction of sp³-hybridized carbons (Fsp3) is 0.714. The molecule has 2 aliphatic rings. The number of carbonyl (C=O) groups is 1. The number of hydrogen-bond acceptors (Lipinski definition) is 4. The molecular formula is C14H20N2O3. The average Bonchev–Trinajstić information content (AvgIpc) is 2.91. The third-order valence-electron chi connectivity index (χ3n) is 4.31. The molecule has 0 aromatic carbocycles. The van der Waals surface area contributed by atoms with Crippen LogP contribution < -0.4 is 0 Å². The molecule has 3 rings (SSSR count). The van der Waals surface area contributed by atoms with Gasteiger partial charge >= 0.3 is 0 Å². The fourth-order valence-corrected chi connectivity index (χ4v) is 3.47. The van der Waals surface area contributed by atoms with Gasteiger partial charge in [-0.3, -0.25) is 4.79 Å². The van der Waals surface area contributed by atoms with Crippen molar-refractivity contribution in [3.63, 3.8) is 0 Å². The molecular weight excluding hydrogens is 244 g/mol. The van der Waals surface area contributed by atoms with Crippen LogP contribution in [0.15, 0.2) is 10.6 Å². The summed E-state index contributed by atoms with van der Waals surface area (Å²) in [5, 5.41) is 3.83. The van der Waals surface area contributed by atoms with Gasteiger partial charge in [0.25, 0.3) is 0 Å². The first-order valence-electron chi connectivity index (χ1n) is 6.93. The number of carbonyl (C=O) groups excluding carboxylic acids is 1. The Balaban J connectivity index is 1.68. The topological polar surface area (TPSA) is 55.6 Å². The van der Waals surface area contributed by atoms with Crippen molar-refractivity contribution in [2.45, 2.75) is 57.2 Å². The Morgan fingerprint density at radius 3 is 2.68 bits per heavy atom. The normalized spacial score (nSPS) is 29.8. The summed E-state index contributed by atoms with van der Waals surface area (Å²) in [5.41, 5.74) is 0.823. The quantitative estimate of drug-likeness (QED) is 0.833. The number of aryl methyl sites for hydroxylation is 1. The minimum atomic E-state index is 0.165. The summed E-state index contributed by atoms with van der Waals surface area (Å²) in [6.07, 6.45) is 4.78. The highest BCUT2D eigenvalue weighted by atomic mass is 16.5. The Bertz CT molecular complexity index is 457. The van der Waals surface area contributed by atoms with Crippen molar-refractivity contribution in [1.29, 1.82) is 0 Å². The second kappa shape index (κ2) is 4.96. The van der Waals surface area contributed by atoms with Crippen molar-refractivity contribution in [2.24, 2.45) is 0 Å². The maximum Gasteiger partial charge on any atom is 0.230 e. The Morgan fingerprint density at radius 2 is 2.16 bits per heavy atom. The molecule has 19 heavy (non-hydrogen) atoms. The van der Waals surface area contributed by atoms with E-state index in [4.69, 9.17) is 9.26 Å². The summed E-state index contributed by atoms with van der Waals surface area (Å²) in [6, 6.07) is 2.53. The van der Waals surface area contributed by atoms with Crippen LogP contribution in [0.5, 0.6) is 0 Å². The lowest BCUT2D eigenvalue weighted by molar-refractivity contribution is -0.137. The smallest absolute Gasteiger partial charge is 0.230 e. The van der Waals surface area contributed by atoms with Crippen LogP contribution in [0, 0.1) is 6.92 Å². The predicted octanol–water partition coefficient (Wildman–Crippen LogP) is 1.69. The molecule has 0 N–H and O–H groups in total. The number of piperidine rings is 1. The van der Waals surface area contributed by atoms with Gasteiger partial charge in [0.1, 0.15) is 5.76 Å². The summed E-state index contributed by atoms with van der Waals surface area (Å²) in [6.45, 7) is 1.87. The first-order valence-corrected chi connectivity index (χ1v) is 6.93. The van der Waals surface area contributed by atoms with Gasteiger partial charge in [0.05, 0.1) is 18.2 Å². The molecule has 2 aliphatic heterocycles. The second-order valence-corrected chi connectivity index (χ2v) is 5.63. The molecule has 5 nitrogen and oxygen atoms in total. The lowest BCUT2D eigenvalue weighted by Gasteiger charge is -2.38. The van der Waals surface area contributed by atoms with Gasteiger partial charge in [0.15, 0.2) is 0 Å². The van der Waals surface area contributed by atoms with E-state index in [1.54, 1.807) is 7.11 Å². The Kier molecular flexibility index (Phi) is 3.31. The van der Waals surface area contributed by atoms with Crippen LogP contribution in [0.2, 0.25) is 0 Å². The highest BCUT2D eigenvalue weighted by Gasteiger charge is 2.43. The summed E-state index contributed by atoms with van der Waals surface area (Å²) >= 11 is 0. The monoisotopic (exact) mass is 264 g/mol. The zero-order valence-electron chi connectivity index (χ0n) is 11.5. The molecule has 104 valence electrons. The van der Waals surface area contributed by atoms with Gasteiger partial charge in [-0.15, -0.1) is 0 Å². The van der Waals surface area contributed by atoms with Crippen molar-refractivity contribution in [3.8, 4) is 0 Å². The summed E-state index contributed by atoms with van der Waals surface area (Å²) in [5.74, 6) is 0.828. The van der Waals surface area contributed by atoms with E-state index in [0.29, 0.717) is 30.4 Å². The lowest BCUT2D eigenvalue weighted by Crippen LogP contribution is -2.48. The minimum absolute atomic E-state index is 0.165. The van der Waals surface area contributed by atoms with E-state index in [-0.39, 0.29) is 5.91 Å². The molecule has 2 bridgehead atoms. The molecule has 5 heteroatoms. The van der Waals surface area contributed by atoms with E-state index in [1.807, 2.05) is 13.0 Å². The van der Waals surface area contributed by atoms with Gasteiger partial charge in [0.2, 0.25) is 5.91 Å². The standard InChI is InChI=1S/C14H20N2O3/c1-9-5-13(19-15-9)8-14(17)16-10-3-4-11(16)7-12(6-10)18-2/h5,10-12H,3-4,6-8H2,1-2H3/t10-,11+,12?. The number of methoxy groups -OCH3 is 1. The summed E-state index contributed by atoms with van der Waals surface area (Å²) in [4.78, 5) is 14.5. The number of ether oxygens (including phenoxy) is 1. The zero-order valence-corrected chi connectivity index (χ0v) is 11.5. The molecule has 0 saturated carbocycles. The van der Waals surface area contributed by atoms with E-state index in [9.17, 15) is 4.79 Å². The van der Waals surface area contributed by atoms with Gasteiger partial charge in [-0.05, 0) is 32.6 Å². The van der Waals surface area contributed by atoms with Crippen LogP contribution in [0.1, 0.15) is 37.1 Å². The number of amides is 1. The molecule has 3 atom stereocenters. The van der Waals surface area contributed by atoms with E-state index in [2.05, 4.69) is 10.1 Å². The molecule has 3 heterocycles. The third-order valence-corrected chi connectivity index (χ3v) is 4.31. The second-order valence-electron chi connectivity index (χ2n) is 5.63. The number of fused-ring (bicyclic) bond motifs is 2. The van der Waals surface area contributed by atoms with Crippen molar-refractivity contribution in [3.05, 3.63) is 17.5 Å². The average molecular weight is 264 g/mol. The van der Waals surface area contributed by atoms with Crippen LogP contribution in [-0.4, -0.2) is 41.3 Å². The Labute approximate surface area is 112 Å². The van der Waals surface area contributed by atoms with Crippen molar-refractivity contribution < 1.29 is 14.1 Å². The summed E-state index contributed by atoms with van der Waals surface area (Å²) < 4.78 is 10.6. The maximum absolute atomic E-state index is 12.4. The molecule has 2 saturated heterocycles. The largest absolute Gasteiger partial charge is 0.381 e. The molecule has 0 spiro atoms. The van der Waals surface area contributed by atoms with Gasteiger partial charge in [0, 0.05) is 25.3 Å². The van der Waals surface area contributed by atoms with Crippen LogP contribution >= 0.6 is 0 Å². The van der Waals surface area contributed by atoms with Crippen molar-refractivity contribution in [1.82, 2.24) is 10.1 Å². The predicted molar refractivity (Wildman–Crippen MR) is 68.6 cm³/mol. The highest BCUT2D eigenvalue weighted by molar-refractivity contribution is 5.79. The van der Waals surface area contributed by atoms with E-state index in [0.717, 1.165) is 31.4 Å². The van der Waals surface area contributed by atoms with Crippen molar-refractivity contribution in [2.75, 3.05) is 7.11 Å². The van der Waals surface area contributed by atoms with Crippen LogP contribution in [0.3, 0.4) is 0 Å². The Morgan fingerprint density at radius 1 is 1.47 bits per heavy atom. The van der Waals surface area contributed by atoms with Gasteiger partial charge in [-0.1, -0.05) is 5.16 Å². The number of aromatic nitrogens is 1. The molecule has 1 unspecified atom stereocenters. The summed E-state index contributed by atoms with van der Waals surface area (Å²) in [7, 11) is 1.76. The van der Waals surface area contributed by atoms with Gasteiger partial charge in [-0.25, -0.2) is 0 Å². The first kappa shape index (κ1) is 12.7. The first-order chi connectivity index (χ1) is 9.17. The molecule has 1 aromatic heterocycles. The van der Waals surface area contributed by atoms with E-state index in [1.165, 1.54) is 0 Å². The molecule has 1 aromatic rings. The Hall–Kier alpha value is -1.36. The zero-order chi connectivity index (χ0) is 13.4. The van der Waals surface area contributed by atoms with Crippen molar-refractivity contribution >= 4 is 5.91 Å². The van der Waals surface area contributed by atoms with Crippen LogP contribution in [-0.2, 0) is 16.0 Å². The van der Waals surface area contributed by atoms with Crippen LogP contribution in [0.25, 0.3) is 0 Å². The molecule has 2 fully saturated rings. The minimum Gasteiger partial charge on any atom is -0.381 e. The maximum atomic E-state index is 12.4. The van der Waals surface area contributed by atoms with Gasteiger partial charge in [-0.2, -0.15) is 0 Å². The van der Waals surface area contributed by atoms with E-state index >= 15 is 0 Å². The SMILES string of the molecule is COC1C[C@H]2CC[C@@H](C1)N2C(=O)Cc1cc(C)no1. The highest BCUT2D eigenvalue weighted by Crippen LogP contribution is 2.37. The third kappa shape index (κ3) is 2.39. The lowest BCUT2D eigenvalue weighted by atomic mass is 9.99. The number of hydrogen-bond donors (Lipinski definition) is 0. The van der Waals surface area contributed by atoms with Crippen LogP contribution in [0.4, 0.5) is 0 Å². The molecule has 0 radical (unpaired) electrons. The van der Waals surface area contributed by atoms with Gasteiger partial charge < -0.3 is 14.2 Å².